The normalized spacial score (nSPS) is 14.4. The van der Waals surface area contributed by atoms with Crippen LogP contribution in [0.3, 0.4) is 0 Å². The van der Waals surface area contributed by atoms with E-state index in [0.717, 1.165) is 0 Å². The lowest BCUT2D eigenvalue weighted by molar-refractivity contribution is -0.186. The number of carbonyl (C=O) groups excluding carboxylic acids is 1. The summed E-state index contributed by atoms with van der Waals surface area (Å²) in [5, 5.41) is 9.06. The number of nitrogens with zero attached hydrogens (tertiary/aromatic N) is 1. The first-order valence-electron chi connectivity index (χ1n) is 5.61. The van der Waals surface area contributed by atoms with Crippen LogP contribution in [0.25, 0.3) is 0 Å². The highest BCUT2D eigenvalue weighted by Gasteiger charge is 2.55. The summed E-state index contributed by atoms with van der Waals surface area (Å²) in [6, 6.07) is 5.10. The van der Waals surface area contributed by atoms with Crippen LogP contribution in [-0.4, -0.2) is 35.2 Å². The van der Waals surface area contributed by atoms with Crippen molar-refractivity contribution in [3.63, 3.8) is 0 Å². The lowest BCUT2D eigenvalue weighted by Gasteiger charge is -2.32. The van der Waals surface area contributed by atoms with Gasteiger partial charge in [-0.1, -0.05) is 11.6 Å². The van der Waals surface area contributed by atoms with Crippen molar-refractivity contribution in [2.24, 2.45) is 5.73 Å². The second-order valence-electron chi connectivity index (χ2n) is 4.46. The van der Waals surface area contributed by atoms with E-state index >= 15 is 0 Å². The van der Waals surface area contributed by atoms with E-state index in [2.05, 4.69) is 0 Å². The molecule has 0 radical (unpaired) electrons. The zero-order valence-corrected chi connectivity index (χ0v) is 11.6. The van der Waals surface area contributed by atoms with Crippen LogP contribution in [0.4, 0.5) is 18.9 Å². The summed E-state index contributed by atoms with van der Waals surface area (Å²) < 4.78 is 38.5. The van der Waals surface area contributed by atoms with Crippen molar-refractivity contribution in [1.29, 1.82) is 0 Å². The largest absolute Gasteiger partial charge is 0.480 e. The molecule has 5 nitrogen and oxygen atoms in total. The van der Waals surface area contributed by atoms with Gasteiger partial charge in [0.2, 0.25) is 0 Å². The van der Waals surface area contributed by atoms with Crippen molar-refractivity contribution >= 4 is 29.2 Å². The van der Waals surface area contributed by atoms with Crippen LogP contribution in [0.5, 0.6) is 0 Å². The topological polar surface area (TPSA) is 83.6 Å². The molecule has 1 aromatic rings. The van der Waals surface area contributed by atoms with Gasteiger partial charge in [0.1, 0.15) is 6.54 Å². The van der Waals surface area contributed by atoms with Gasteiger partial charge in [-0.15, -0.1) is 0 Å². The first-order valence-corrected chi connectivity index (χ1v) is 5.99. The van der Waals surface area contributed by atoms with Crippen molar-refractivity contribution in [2.75, 3.05) is 11.4 Å². The molecule has 116 valence electrons. The number of hydrogen-bond acceptors (Lipinski definition) is 3. The van der Waals surface area contributed by atoms with E-state index in [0.29, 0.717) is 11.8 Å². The van der Waals surface area contributed by atoms with E-state index in [1.54, 1.807) is 0 Å². The minimum absolute atomic E-state index is 0.0484. The molecule has 21 heavy (non-hydrogen) atoms. The van der Waals surface area contributed by atoms with Gasteiger partial charge in [0.15, 0.2) is 5.54 Å². The minimum atomic E-state index is -5.02. The van der Waals surface area contributed by atoms with E-state index in [4.69, 9.17) is 22.4 Å². The number of hydrogen-bond donors (Lipinski definition) is 2. The third-order valence-electron chi connectivity index (χ3n) is 2.71. The summed E-state index contributed by atoms with van der Waals surface area (Å²) in [7, 11) is 0. The number of amides is 1. The molecule has 9 heteroatoms. The predicted molar refractivity (Wildman–Crippen MR) is 70.1 cm³/mol. The van der Waals surface area contributed by atoms with Crippen LogP contribution in [0.15, 0.2) is 24.3 Å². The zero-order valence-electron chi connectivity index (χ0n) is 10.8. The van der Waals surface area contributed by atoms with Crippen LogP contribution in [0.1, 0.15) is 6.92 Å². The number of carboxylic acid groups (broad SMARTS) is 1. The van der Waals surface area contributed by atoms with Crippen LogP contribution >= 0.6 is 11.6 Å². The number of nitrogens with two attached hydrogens (primary N) is 1. The van der Waals surface area contributed by atoms with Crippen molar-refractivity contribution in [3.8, 4) is 0 Å². The first-order chi connectivity index (χ1) is 9.46. The molecule has 1 unspecified atom stereocenters. The summed E-state index contributed by atoms with van der Waals surface area (Å²) in [4.78, 5) is 23.3. The number of rotatable bonds is 4. The van der Waals surface area contributed by atoms with Gasteiger partial charge < -0.3 is 10.8 Å². The zero-order chi connectivity index (χ0) is 16.4. The summed E-state index contributed by atoms with van der Waals surface area (Å²) in [6.07, 6.45) is -5.02. The van der Waals surface area contributed by atoms with E-state index < -0.39 is 30.1 Å². The highest BCUT2D eigenvalue weighted by atomic mass is 35.5. The quantitative estimate of drug-likeness (QED) is 0.887. The second kappa shape index (κ2) is 5.90. The van der Waals surface area contributed by atoms with Crippen LogP contribution in [0.2, 0.25) is 5.02 Å². The van der Waals surface area contributed by atoms with Crippen LogP contribution < -0.4 is 10.6 Å². The Morgan fingerprint density at radius 1 is 1.29 bits per heavy atom. The molecule has 1 rings (SSSR count). The molecule has 1 atom stereocenters. The Hall–Kier alpha value is -1.80. The van der Waals surface area contributed by atoms with E-state index in [9.17, 15) is 22.8 Å². The van der Waals surface area contributed by atoms with E-state index in [1.807, 2.05) is 0 Å². The maximum atomic E-state index is 12.8. The van der Waals surface area contributed by atoms with Gasteiger partial charge in [-0.2, -0.15) is 13.2 Å². The maximum Gasteiger partial charge on any atom is 0.415 e. The summed E-state index contributed by atoms with van der Waals surface area (Å²) in [5.41, 5.74) is 1.79. The van der Waals surface area contributed by atoms with Crippen LogP contribution in [0, 0.1) is 0 Å². The maximum absolute atomic E-state index is 12.8. The molecule has 0 bridgehead atoms. The third kappa shape index (κ3) is 3.85. The van der Waals surface area contributed by atoms with Gasteiger partial charge in [0.05, 0.1) is 0 Å². The summed E-state index contributed by atoms with van der Waals surface area (Å²) >= 11 is 5.64. The average molecular weight is 325 g/mol. The smallest absolute Gasteiger partial charge is 0.415 e. The van der Waals surface area contributed by atoms with Crippen molar-refractivity contribution < 1.29 is 27.9 Å². The standard InChI is InChI=1S/C12H12ClF3N2O3/c1-11(17,12(14,15)16)10(21)18(6-9(19)20)8-4-2-7(13)3-5-8/h2-5H,6,17H2,1H3,(H,19,20). The molecule has 0 heterocycles. The Balaban J connectivity index is 3.23. The molecule has 0 saturated heterocycles. The fraction of sp³-hybridized carbons (Fsp3) is 0.333. The Labute approximate surface area is 123 Å². The SMILES string of the molecule is CC(N)(C(=O)N(CC(=O)O)c1ccc(Cl)cc1)C(F)(F)F. The van der Waals surface area contributed by atoms with Gasteiger partial charge in [0.25, 0.3) is 5.91 Å². The van der Waals surface area contributed by atoms with Crippen molar-refractivity contribution in [3.05, 3.63) is 29.3 Å². The predicted octanol–water partition coefficient (Wildman–Crippen LogP) is 2.04. The van der Waals surface area contributed by atoms with Gasteiger partial charge in [-0.05, 0) is 31.2 Å². The number of halogens is 4. The Bertz CT molecular complexity index is 544. The number of carbonyl (C=O) groups is 2. The summed E-state index contributed by atoms with van der Waals surface area (Å²) in [6.45, 7) is -0.469. The highest BCUT2D eigenvalue weighted by molar-refractivity contribution is 6.30. The van der Waals surface area contributed by atoms with E-state index in [1.165, 1.54) is 24.3 Å². The molecule has 0 aliphatic carbocycles. The molecule has 0 aliphatic heterocycles. The molecule has 1 amide bonds. The monoisotopic (exact) mass is 324 g/mol. The Morgan fingerprint density at radius 3 is 2.14 bits per heavy atom. The molecule has 0 aromatic heterocycles. The lowest BCUT2D eigenvalue weighted by Crippen LogP contribution is -2.63. The van der Waals surface area contributed by atoms with Gasteiger partial charge in [-0.25, -0.2) is 0 Å². The number of alkyl halides is 3. The highest BCUT2D eigenvalue weighted by Crippen LogP contribution is 2.31. The lowest BCUT2D eigenvalue weighted by atomic mass is 10.0. The second-order valence-corrected chi connectivity index (χ2v) is 4.90. The third-order valence-corrected chi connectivity index (χ3v) is 2.96. The molecule has 0 spiro atoms. The fourth-order valence-corrected chi connectivity index (χ4v) is 1.56. The first kappa shape index (κ1) is 17.3. The number of benzene rings is 1. The molecular weight excluding hydrogens is 313 g/mol. The number of anilines is 1. The number of carboxylic acids is 1. The van der Waals surface area contributed by atoms with Gasteiger partial charge in [0, 0.05) is 10.7 Å². The molecule has 0 saturated carbocycles. The van der Waals surface area contributed by atoms with E-state index in [-0.39, 0.29) is 10.7 Å². The fourth-order valence-electron chi connectivity index (χ4n) is 1.44. The summed E-state index contributed by atoms with van der Waals surface area (Å²) in [5.74, 6) is -3.05. The van der Waals surface area contributed by atoms with Gasteiger partial charge >= 0.3 is 12.1 Å². The minimum Gasteiger partial charge on any atom is -0.480 e. The molecule has 3 N–H and O–H groups in total. The molecule has 1 aromatic carbocycles. The molecular formula is C12H12ClF3N2O3. The molecule has 0 aliphatic rings. The number of aliphatic carboxylic acids is 1. The Kier molecular flexibility index (Phi) is 4.85. The van der Waals surface area contributed by atoms with Gasteiger partial charge in [-0.3, -0.25) is 14.5 Å². The van der Waals surface area contributed by atoms with Crippen LogP contribution in [-0.2, 0) is 9.59 Å². The van der Waals surface area contributed by atoms with Crippen molar-refractivity contribution in [1.82, 2.24) is 0 Å². The molecule has 0 fully saturated rings. The Morgan fingerprint density at radius 2 is 1.76 bits per heavy atom. The average Bonchev–Trinajstić information content (AvgIpc) is 2.34. The van der Waals surface area contributed by atoms with Crippen molar-refractivity contribution in [2.45, 2.75) is 18.6 Å².